The van der Waals surface area contributed by atoms with Gasteiger partial charge in [-0.25, -0.2) is 4.68 Å². The lowest BCUT2D eigenvalue weighted by atomic mass is 10.3. The molecule has 0 aliphatic rings. The van der Waals surface area contributed by atoms with Gasteiger partial charge in [0.05, 0.1) is 17.9 Å². The first-order valence-electron chi connectivity index (χ1n) is 4.83. The van der Waals surface area contributed by atoms with E-state index in [-0.39, 0.29) is 0 Å². The van der Waals surface area contributed by atoms with Gasteiger partial charge in [-0.3, -0.25) is 4.98 Å². The molecule has 2 aromatic heterocycles. The van der Waals surface area contributed by atoms with Crippen LogP contribution in [0.2, 0.25) is 0 Å². The molecular formula is C10H10BrClN4. The van der Waals surface area contributed by atoms with Gasteiger partial charge in [-0.2, -0.15) is 0 Å². The second-order valence-corrected chi connectivity index (χ2v) is 4.61. The zero-order chi connectivity index (χ0) is 11.4. The van der Waals surface area contributed by atoms with Crippen molar-refractivity contribution in [2.75, 3.05) is 5.88 Å². The van der Waals surface area contributed by atoms with Crippen LogP contribution in [0, 0.1) is 0 Å². The molecule has 16 heavy (non-hydrogen) atoms. The molecule has 0 N–H and O–H groups in total. The highest BCUT2D eigenvalue weighted by molar-refractivity contribution is 9.10. The summed E-state index contributed by atoms with van der Waals surface area (Å²) in [5.74, 6) is 0.565. The van der Waals surface area contributed by atoms with E-state index in [1.54, 1.807) is 10.9 Å². The summed E-state index contributed by atoms with van der Waals surface area (Å²) in [6.07, 6.45) is 4.41. The van der Waals surface area contributed by atoms with Crippen molar-refractivity contribution in [3.05, 3.63) is 40.4 Å². The highest BCUT2D eigenvalue weighted by atomic mass is 79.9. The third-order valence-corrected chi connectivity index (χ3v) is 2.71. The van der Waals surface area contributed by atoms with E-state index in [1.165, 1.54) is 0 Å². The zero-order valence-electron chi connectivity index (χ0n) is 8.48. The molecule has 0 amide bonds. The van der Waals surface area contributed by atoms with Crippen molar-refractivity contribution >= 4 is 27.5 Å². The fourth-order valence-corrected chi connectivity index (χ4v) is 1.72. The van der Waals surface area contributed by atoms with Gasteiger partial charge < -0.3 is 0 Å². The van der Waals surface area contributed by atoms with Gasteiger partial charge in [-0.1, -0.05) is 5.21 Å². The molecule has 0 saturated heterocycles. The molecule has 4 nitrogen and oxygen atoms in total. The number of aryl methyl sites for hydroxylation is 1. The Labute approximate surface area is 107 Å². The molecule has 0 atom stereocenters. The Kier molecular flexibility index (Phi) is 3.90. The number of pyridine rings is 1. The van der Waals surface area contributed by atoms with Crippen LogP contribution in [0.5, 0.6) is 0 Å². The van der Waals surface area contributed by atoms with Gasteiger partial charge >= 0.3 is 0 Å². The Bertz CT molecular complexity index is 454. The quantitative estimate of drug-likeness (QED) is 0.814. The van der Waals surface area contributed by atoms with Crippen LogP contribution in [0.3, 0.4) is 0 Å². The number of alkyl halides is 1. The molecule has 2 heterocycles. The lowest BCUT2D eigenvalue weighted by Gasteiger charge is -1.99. The normalized spacial score (nSPS) is 10.6. The van der Waals surface area contributed by atoms with Crippen molar-refractivity contribution < 1.29 is 0 Å². The number of hydrogen-bond donors (Lipinski definition) is 0. The molecule has 0 bridgehead atoms. The van der Waals surface area contributed by atoms with E-state index < -0.39 is 0 Å². The van der Waals surface area contributed by atoms with Gasteiger partial charge in [0.15, 0.2) is 0 Å². The first-order valence-corrected chi connectivity index (χ1v) is 6.16. The van der Waals surface area contributed by atoms with Gasteiger partial charge in [-0.05, 0) is 28.1 Å². The van der Waals surface area contributed by atoms with Crippen molar-refractivity contribution in [3.63, 3.8) is 0 Å². The predicted octanol–water partition coefficient (Wildman–Crippen LogP) is 2.27. The molecule has 0 saturated carbocycles. The van der Waals surface area contributed by atoms with Crippen LogP contribution in [0.25, 0.3) is 0 Å². The third-order valence-electron chi connectivity index (χ3n) is 2.05. The fraction of sp³-hybridized carbons (Fsp3) is 0.300. The second-order valence-electron chi connectivity index (χ2n) is 3.31. The molecule has 2 aromatic rings. The van der Waals surface area contributed by atoms with Crippen molar-refractivity contribution in [1.29, 1.82) is 0 Å². The van der Waals surface area contributed by atoms with E-state index in [0.29, 0.717) is 12.4 Å². The SMILES string of the molecule is ClCCc1cn(Cc2ccc(Br)cn2)nn1. The zero-order valence-corrected chi connectivity index (χ0v) is 10.8. The number of rotatable bonds is 4. The molecule has 0 unspecified atom stereocenters. The number of hydrogen-bond acceptors (Lipinski definition) is 3. The van der Waals surface area contributed by atoms with E-state index in [2.05, 4.69) is 31.2 Å². The van der Waals surface area contributed by atoms with Crippen LogP contribution in [0.4, 0.5) is 0 Å². The smallest absolute Gasteiger partial charge is 0.0849 e. The fourth-order valence-electron chi connectivity index (χ4n) is 1.29. The van der Waals surface area contributed by atoms with Gasteiger partial charge in [0.1, 0.15) is 0 Å². The van der Waals surface area contributed by atoms with Crippen LogP contribution in [-0.2, 0) is 13.0 Å². The first kappa shape index (κ1) is 11.5. The van der Waals surface area contributed by atoms with Gasteiger partial charge in [0.2, 0.25) is 0 Å². The minimum absolute atomic E-state index is 0.565. The second kappa shape index (κ2) is 5.41. The Hall–Kier alpha value is -0.940. The average Bonchev–Trinajstić information content (AvgIpc) is 2.70. The van der Waals surface area contributed by atoms with Crippen molar-refractivity contribution in [1.82, 2.24) is 20.0 Å². The summed E-state index contributed by atoms with van der Waals surface area (Å²) in [5.41, 5.74) is 1.86. The van der Waals surface area contributed by atoms with E-state index in [4.69, 9.17) is 11.6 Å². The largest absolute Gasteiger partial charge is 0.258 e. The lowest BCUT2D eigenvalue weighted by Crippen LogP contribution is -2.02. The standard InChI is InChI=1S/C10H10BrClN4/c11-8-1-2-9(13-5-8)6-16-7-10(3-4-12)14-15-16/h1-2,5,7H,3-4,6H2. The molecule has 0 aliphatic carbocycles. The van der Waals surface area contributed by atoms with E-state index in [0.717, 1.165) is 22.3 Å². The summed E-state index contributed by atoms with van der Waals surface area (Å²) in [5, 5.41) is 8.02. The average molecular weight is 302 g/mol. The summed E-state index contributed by atoms with van der Waals surface area (Å²) >= 11 is 8.97. The summed E-state index contributed by atoms with van der Waals surface area (Å²) in [7, 11) is 0. The molecule has 0 aromatic carbocycles. The molecule has 0 spiro atoms. The molecule has 2 rings (SSSR count). The summed E-state index contributed by atoms with van der Waals surface area (Å²) in [4.78, 5) is 4.27. The first-order chi connectivity index (χ1) is 7.78. The highest BCUT2D eigenvalue weighted by Crippen LogP contribution is 2.08. The van der Waals surface area contributed by atoms with Crippen molar-refractivity contribution in [2.24, 2.45) is 0 Å². The molecule has 84 valence electrons. The van der Waals surface area contributed by atoms with Crippen LogP contribution in [0.1, 0.15) is 11.4 Å². The van der Waals surface area contributed by atoms with Gasteiger partial charge in [0.25, 0.3) is 0 Å². The van der Waals surface area contributed by atoms with Crippen LogP contribution >= 0.6 is 27.5 Å². The highest BCUT2D eigenvalue weighted by Gasteiger charge is 2.01. The molecule has 0 fully saturated rings. The third kappa shape index (κ3) is 3.02. The number of nitrogens with zero attached hydrogens (tertiary/aromatic N) is 4. The molecular weight excluding hydrogens is 291 g/mol. The van der Waals surface area contributed by atoms with E-state index in [1.807, 2.05) is 18.3 Å². The molecule has 0 radical (unpaired) electrons. The molecule has 0 aliphatic heterocycles. The summed E-state index contributed by atoms with van der Waals surface area (Å²) < 4.78 is 2.73. The topological polar surface area (TPSA) is 43.6 Å². The van der Waals surface area contributed by atoms with Crippen molar-refractivity contribution in [3.8, 4) is 0 Å². The van der Waals surface area contributed by atoms with E-state index >= 15 is 0 Å². The lowest BCUT2D eigenvalue weighted by molar-refractivity contribution is 0.638. The van der Waals surface area contributed by atoms with E-state index in [9.17, 15) is 0 Å². The Balaban J connectivity index is 2.05. The Morgan fingerprint density at radius 3 is 2.88 bits per heavy atom. The van der Waals surface area contributed by atoms with Crippen LogP contribution in [0.15, 0.2) is 29.0 Å². The minimum Gasteiger partial charge on any atom is -0.258 e. The van der Waals surface area contributed by atoms with Gasteiger partial charge in [-0.15, -0.1) is 16.7 Å². The maximum atomic E-state index is 5.63. The maximum absolute atomic E-state index is 5.63. The summed E-state index contributed by atoms with van der Waals surface area (Å²) in [6, 6.07) is 3.91. The monoisotopic (exact) mass is 300 g/mol. The number of halogens is 2. The Morgan fingerprint density at radius 2 is 2.19 bits per heavy atom. The van der Waals surface area contributed by atoms with Crippen molar-refractivity contribution in [2.45, 2.75) is 13.0 Å². The number of aromatic nitrogens is 4. The predicted molar refractivity (Wildman–Crippen MR) is 65.5 cm³/mol. The van der Waals surface area contributed by atoms with Crippen LogP contribution in [-0.4, -0.2) is 25.9 Å². The summed E-state index contributed by atoms with van der Waals surface area (Å²) in [6.45, 7) is 0.628. The Morgan fingerprint density at radius 1 is 1.31 bits per heavy atom. The molecule has 6 heteroatoms. The maximum Gasteiger partial charge on any atom is 0.0849 e. The van der Waals surface area contributed by atoms with Gasteiger partial charge in [0, 0.05) is 29.2 Å². The van der Waals surface area contributed by atoms with Crippen LogP contribution < -0.4 is 0 Å². The minimum atomic E-state index is 0.565.